The molecule has 0 spiro atoms. The molecular weight excluding hydrogens is 360 g/mol. The number of hydrogen-bond donors (Lipinski definition) is 1. The zero-order valence-corrected chi connectivity index (χ0v) is 16.8. The highest BCUT2D eigenvalue weighted by Gasteiger charge is 2.38. The Morgan fingerprint density at radius 3 is 2.57 bits per heavy atom. The summed E-state index contributed by atoms with van der Waals surface area (Å²) in [5.41, 5.74) is 0.812. The second-order valence-electron chi connectivity index (χ2n) is 7.73. The molecule has 0 radical (unpaired) electrons. The number of aromatic nitrogens is 2. The van der Waals surface area contributed by atoms with Gasteiger partial charge in [-0.2, -0.15) is 0 Å². The number of nitrogens with one attached hydrogen (secondary N) is 1. The fourth-order valence-electron chi connectivity index (χ4n) is 3.86. The lowest BCUT2D eigenvalue weighted by atomic mass is 9.83. The van der Waals surface area contributed by atoms with Gasteiger partial charge in [-0.05, 0) is 39.0 Å². The molecular formula is C20H30N4O4. The van der Waals surface area contributed by atoms with Crippen molar-refractivity contribution in [3.05, 3.63) is 23.8 Å². The second kappa shape index (κ2) is 9.43. The number of carbonyl (C=O) groups is 2. The molecule has 0 bridgehead atoms. The molecule has 2 aliphatic heterocycles. The number of nitrogens with zero attached hydrogens (tertiary/aromatic N) is 3. The van der Waals surface area contributed by atoms with Gasteiger partial charge < -0.3 is 19.7 Å². The van der Waals surface area contributed by atoms with Crippen LogP contribution >= 0.6 is 0 Å². The maximum absolute atomic E-state index is 12.8. The van der Waals surface area contributed by atoms with Crippen molar-refractivity contribution < 1.29 is 19.1 Å². The largest absolute Gasteiger partial charge is 0.385 e. The average molecular weight is 390 g/mol. The van der Waals surface area contributed by atoms with Crippen molar-refractivity contribution in [3.8, 4) is 0 Å². The van der Waals surface area contributed by atoms with E-state index in [1.807, 2.05) is 6.92 Å². The molecule has 0 aromatic carbocycles. The van der Waals surface area contributed by atoms with Crippen molar-refractivity contribution >= 4 is 11.8 Å². The van der Waals surface area contributed by atoms with E-state index < -0.39 is 0 Å². The molecule has 8 nitrogen and oxygen atoms in total. The van der Waals surface area contributed by atoms with Gasteiger partial charge in [0.2, 0.25) is 5.91 Å². The highest BCUT2D eigenvalue weighted by Crippen LogP contribution is 2.28. The number of carbonyl (C=O) groups excluding carboxylic acids is 2. The normalized spacial score (nSPS) is 20.0. The first kappa shape index (κ1) is 20.7. The van der Waals surface area contributed by atoms with Crippen molar-refractivity contribution in [2.45, 2.75) is 44.6 Å². The SMILES string of the molecule is COCCC1(NC(=O)C2CCOCC2)CCN(C(=O)c2cnc(C)cn2)CC1. The number of methoxy groups -OCH3 is 1. The highest BCUT2D eigenvalue weighted by molar-refractivity contribution is 5.92. The molecule has 1 N–H and O–H groups in total. The van der Waals surface area contributed by atoms with Gasteiger partial charge in [0.25, 0.3) is 5.91 Å². The monoisotopic (exact) mass is 390 g/mol. The van der Waals surface area contributed by atoms with Crippen LogP contribution in [0.2, 0.25) is 0 Å². The highest BCUT2D eigenvalue weighted by atomic mass is 16.5. The van der Waals surface area contributed by atoms with Crippen LogP contribution < -0.4 is 5.32 Å². The zero-order chi connectivity index (χ0) is 20.0. The Labute approximate surface area is 166 Å². The third-order valence-electron chi connectivity index (χ3n) is 5.77. The number of rotatable bonds is 6. The Bertz CT molecular complexity index is 665. The van der Waals surface area contributed by atoms with Gasteiger partial charge in [0.05, 0.1) is 11.9 Å². The summed E-state index contributed by atoms with van der Waals surface area (Å²) in [5, 5.41) is 3.30. The summed E-state index contributed by atoms with van der Waals surface area (Å²) in [6.07, 6.45) is 6.81. The maximum Gasteiger partial charge on any atom is 0.274 e. The van der Waals surface area contributed by atoms with Gasteiger partial charge in [-0.15, -0.1) is 0 Å². The number of amides is 2. The number of likely N-dealkylation sites (tertiary alicyclic amines) is 1. The molecule has 2 fully saturated rings. The fraction of sp³-hybridized carbons (Fsp3) is 0.700. The Morgan fingerprint density at radius 1 is 1.25 bits per heavy atom. The van der Waals surface area contributed by atoms with Crippen LogP contribution in [0, 0.1) is 12.8 Å². The summed E-state index contributed by atoms with van der Waals surface area (Å²) in [6, 6.07) is 0. The number of hydrogen-bond acceptors (Lipinski definition) is 6. The lowest BCUT2D eigenvalue weighted by molar-refractivity contribution is -0.130. The third kappa shape index (κ3) is 5.05. The van der Waals surface area contributed by atoms with Crippen LogP contribution in [0.1, 0.15) is 48.3 Å². The summed E-state index contributed by atoms with van der Waals surface area (Å²) in [7, 11) is 1.67. The van der Waals surface area contributed by atoms with Crippen LogP contribution in [0.4, 0.5) is 0 Å². The van der Waals surface area contributed by atoms with Crippen LogP contribution in [0.25, 0.3) is 0 Å². The second-order valence-corrected chi connectivity index (χ2v) is 7.73. The Kier molecular flexibility index (Phi) is 6.96. The molecule has 1 aromatic rings. The van der Waals surface area contributed by atoms with Gasteiger partial charge in [0.1, 0.15) is 5.69 Å². The molecule has 1 aromatic heterocycles. The van der Waals surface area contributed by atoms with E-state index in [1.54, 1.807) is 18.2 Å². The van der Waals surface area contributed by atoms with Gasteiger partial charge in [-0.3, -0.25) is 14.6 Å². The number of aryl methyl sites for hydroxylation is 1. The Hall–Kier alpha value is -2.06. The van der Waals surface area contributed by atoms with Crippen LogP contribution in [0.3, 0.4) is 0 Å². The summed E-state index contributed by atoms with van der Waals surface area (Å²) in [6.45, 7) is 4.85. The first-order valence-corrected chi connectivity index (χ1v) is 10.00. The van der Waals surface area contributed by atoms with E-state index >= 15 is 0 Å². The molecule has 0 unspecified atom stereocenters. The number of ether oxygens (including phenoxy) is 2. The van der Waals surface area contributed by atoms with Crippen LogP contribution in [-0.4, -0.2) is 72.2 Å². The minimum Gasteiger partial charge on any atom is -0.385 e. The molecule has 2 saturated heterocycles. The smallest absolute Gasteiger partial charge is 0.274 e. The molecule has 3 rings (SSSR count). The van der Waals surface area contributed by atoms with E-state index in [9.17, 15) is 9.59 Å². The third-order valence-corrected chi connectivity index (χ3v) is 5.77. The van der Waals surface area contributed by atoms with Gasteiger partial charge in [-0.25, -0.2) is 4.98 Å². The first-order valence-electron chi connectivity index (χ1n) is 10.00. The average Bonchev–Trinajstić information content (AvgIpc) is 2.73. The minimum atomic E-state index is -0.332. The predicted molar refractivity (Wildman–Crippen MR) is 103 cm³/mol. The molecule has 3 heterocycles. The molecule has 2 amide bonds. The summed E-state index contributed by atoms with van der Waals surface area (Å²) in [4.78, 5) is 35.7. The quantitative estimate of drug-likeness (QED) is 0.788. The molecule has 0 aliphatic carbocycles. The van der Waals surface area contributed by atoms with Crippen LogP contribution in [-0.2, 0) is 14.3 Å². The molecule has 0 saturated carbocycles. The summed E-state index contributed by atoms with van der Waals surface area (Å²) < 4.78 is 10.6. The van der Waals surface area contributed by atoms with E-state index in [-0.39, 0.29) is 23.3 Å². The summed E-state index contributed by atoms with van der Waals surface area (Å²) in [5.74, 6) is 0.00263. The van der Waals surface area contributed by atoms with E-state index in [4.69, 9.17) is 9.47 Å². The van der Waals surface area contributed by atoms with E-state index in [0.717, 1.165) is 25.0 Å². The molecule has 8 heteroatoms. The molecule has 154 valence electrons. The van der Waals surface area contributed by atoms with Crippen molar-refractivity contribution in [3.63, 3.8) is 0 Å². The van der Waals surface area contributed by atoms with E-state index in [1.165, 1.54) is 6.20 Å². The molecule has 2 aliphatic rings. The first-order chi connectivity index (χ1) is 13.5. The standard InChI is InChI=1S/C20H30N4O4/c1-15-13-22-17(14-21-15)19(26)24-8-5-20(6-9-24,7-12-27-2)23-18(25)16-3-10-28-11-4-16/h13-14,16H,3-12H2,1-2H3,(H,23,25). The van der Waals surface area contributed by atoms with Crippen molar-refractivity contribution in [2.24, 2.45) is 5.92 Å². The lowest BCUT2D eigenvalue weighted by Crippen LogP contribution is -2.58. The summed E-state index contributed by atoms with van der Waals surface area (Å²) >= 11 is 0. The minimum absolute atomic E-state index is 0.00987. The zero-order valence-electron chi connectivity index (χ0n) is 16.8. The molecule has 0 atom stereocenters. The lowest BCUT2D eigenvalue weighted by Gasteiger charge is -2.43. The van der Waals surface area contributed by atoms with Crippen molar-refractivity contribution in [1.82, 2.24) is 20.2 Å². The van der Waals surface area contributed by atoms with Gasteiger partial charge in [-0.1, -0.05) is 0 Å². The van der Waals surface area contributed by atoms with Crippen LogP contribution in [0.5, 0.6) is 0 Å². The van der Waals surface area contributed by atoms with Crippen molar-refractivity contribution in [2.75, 3.05) is 40.0 Å². The Balaban J connectivity index is 1.62. The fourth-order valence-corrected chi connectivity index (χ4v) is 3.86. The van der Waals surface area contributed by atoms with Gasteiger partial charge in [0.15, 0.2) is 0 Å². The van der Waals surface area contributed by atoms with E-state index in [0.29, 0.717) is 51.4 Å². The maximum atomic E-state index is 12.8. The van der Waals surface area contributed by atoms with Gasteiger partial charge in [0, 0.05) is 57.7 Å². The molecule has 28 heavy (non-hydrogen) atoms. The topological polar surface area (TPSA) is 93.7 Å². The van der Waals surface area contributed by atoms with Crippen molar-refractivity contribution in [1.29, 1.82) is 0 Å². The van der Waals surface area contributed by atoms with Gasteiger partial charge >= 0.3 is 0 Å². The van der Waals surface area contributed by atoms with Crippen LogP contribution in [0.15, 0.2) is 12.4 Å². The van der Waals surface area contributed by atoms with E-state index in [2.05, 4.69) is 15.3 Å². The number of piperidine rings is 1. The Morgan fingerprint density at radius 2 is 1.96 bits per heavy atom. The predicted octanol–water partition coefficient (Wildman–Crippen LogP) is 1.34.